The van der Waals surface area contributed by atoms with Crippen LogP contribution in [0.15, 0.2) is 12.4 Å². The number of nitrogens with one attached hydrogen (secondary N) is 1. The van der Waals surface area contributed by atoms with E-state index in [0.29, 0.717) is 29.5 Å². The Bertz CT molecular complexity index is 904. The van der Waals surface area contributed by atoms with E-state index in [1.807, 2.05) is 34.6 Å². The van der Waals surface area contributed by atoms with Crippen LogP contribution in [-0.4, -0.2) is 34.3 Å². The van der Waals surface area contributed by atoms with E-state index in [9.17, 15) is 13.2 Å². The third-order valence-electron chi connectivity index (χ3n) is 3.46. The topological polar surface area (TPSA) is 115 Å². The Balaban J connectivity index is 0.000000431. The fourth-order valence-corrected chi connectivity index (χ4v) is 3.87. The molecule has 0 atom stereocenters. The summed E-state index contributed by atoms with van der Waals surface area (Å²) >= 11 is 0. The van der Waals surface area contributed by atoms with Gasteiger partial charge in [-0.05, 0) is 13.8 Å². The van der Waals surface area contributed by atoms with Gasteiger partial charge in [-0.3, -0.25) is 4.79 Å². The first-order valence-corrected chi connectivity index (χ1v) is 10.8. The zero-order chi connectivity index (χ0) is 20.6. The zero-order valence-corrected chi connectivity index (χ0v) is 17.5. The Morgan fingerprint density at radius 2 is 1.48 bits per heavy atom. The number of fused-ring (bicyclic) bond motifs is 2. The first-order valence-electron chi connectivity index (χ1n) is 8.96. The van der Waals surface area contributed by atoms with Crippen LogP contribution in [-0.2, 0) is 27.9 Å². The molecule has 0 aliphatic carbocycles. The second kappa shape index (κ2) is 10.1. The van der Waals surface area contributed by atoms with Gasteiger partial charge >= 0.3 is 0 Å². The highest BCUT2D eigenvalue weighted by molar-refractivity contribution is 7.90. The van der Waals surface area contributed by atoms with Crippen LogP contribution < -0.4 is 5.32 Å². The third kappa shape index (κ3) is 6.06. The van der Waals surface area contributed by atoms with Crippen LogP contribution in [0.4, 0.5) is 0 Å². The van der Waals surface area contributed by atoms with Gasteiger partial charge in [0.15, 0.2) is 9.84 Å². The van der Waals surface area contributed by atoms with E-state index in [1.165, 1.54) is 0 Å². The molecule has 2 aromatic heterocycles. The molecule has 0 bridgehead atoms. The molecule has 0 radical (unpaired) electrons. The number of amides is 1. The lowest BCUT2D eigenvalue weighted by Gasteiger charge is -1.94. The summed E-state index contributed by atoms with van der Waals surface area (Å²) in [5.74, 6) is 1.44. The molecule has 0 unspecified atom stereocenters. The summed E-state index contributed by atoms with van der Waals surface area (Å²) in [6.07, 6.45) is 3.17. The van der Waals surface area contributed by atoms with E-state index in [2.05, 4.69) is 25.3 Å². The molecule has 2 aromatic rings. The van der Waals surface area contributed by atoms with Gasteiger partial charge in [0.05, 0.1) is 35.0 Å². The van der Waals surface area contributed by atoms with Crippen LogP contribution in [0.2, 0.25) is 0 Å². The van der Waals surface area contributed by atoms with Crippen LogP contribution in [0, 0.1) is 13.8 Å². The Kier molecular flexibility index (Phi) is 8.42. The molecule has 27 heavy (non-hydrogen) atoms. The van der Waals surface area contributed by atoms with Gasteiger partial charge in [-0.1, -0.05) is 27.7 Å². The van der Waals surface area contributed by atoms with Crippen LogP contribution in [0.25, 0.3) is 0 Å². The highest BCUT2D eigenvalue weighted by Gasteiger charge is 2.26. The zero-order valence-electron chi connectivity index (χ0n) is 16.7. The number of rotatable bonds is 0. The lowest BCUT2D eigenvalue weighted by Crippen LogP contribution is -2.12. The molecular weight excluding hydrogens is 366 g/mol. The largest absolute Gasteiger partial charge is 0.346 e. The normalized spacial score (nSPS) is 14.8. The minimum atomic E-state index is -2.92. The van der Waals surface area contributed by atoms with E-state index >= 15 is 0 Å². The smallest absolute Gasteiger partial charge is 0.255 e. The summed E-state index contributed by atoms with van der Waals surface area (Å²) in [6, 6.07) is 0. The van der Waals surface area contributed by atoms with E-state index in [0.717, 1.165) is 11.3 Å². The van der Waals surface area contributed by atoms with Crippen molar-refractivity contribution in [3.63, 3.8) is 0 Å². The summed E-state index contributed by atoms with van der Waals surface area (Å²) in [5.41, 5.74) is 2.83. The van der Waals surface area contributed by atoms with Gasteiger partial charge in [0.25, 0.3) is 5.91 Å². The molecule has 0 fully saturated rings. The number of carbonyl (C=O) groups excluding carboxylic acids is 1. The molecule has 4 rings (SSSR count). The molecule has 0 saturated heterocycles. The molecule has 4 heterocycles. The number of hydrogen-bond donors (Lipinski definition) is 1. The van der Waals surface area contributed by atoms with Gasteiger partial charge in [-0.2, -0.15) is 0 Å². The van der Waals surface area contributed by atoms with Gasteiger partial charge in [-0.15, -0.1) is 0 Å². The maximum Gasteiger partial charge on any atom is 0.255 e. The van der Waals surface area contributed by atoms with Gasteiger partial charge in [0.2, 0.25) is 0 Å². The molecule has 150 valence electrons. The van der Waals surface area contributed by atoms with Gasteiger partial charge in [0, 0.05) is 19.4 Å². The van der Waals surface area contributed by atoms with E-state index in [4.69, 9.17) is 0 Å². The molecule has 1 amide bonds. The maximum absolute atomic E-state index is 11.1. The van der Waals surface area contributed by atoms with Crippen LogP contribution in [0.5, 0.6) is 0 Å². The number of sulfone groups is 1. The van der Waals surface area contributed by atoms with Crippen LogP contribution in [0.1, 0.15) is 68.1 Å². The summed E-state index contributed by atoms with van der Waals surface area (Å²) in [4.78, 5) is 27.0. The molecular formula is C18H29N5O3S. The predicted molar refractivity (Wildman–Crippen MR) is 106 cm³/mol. The molecule has 1 N–H and O–H groups in total. The van der Waals surface area contributed by atoms with Crippen molar-refractivity contribution in [3.05, 3.63) is 46.6 Å². The molecule has 0 saturated carbocycles. The predicted octanol–water partition coefficient (Wildman–Crippen LogP) is 2.54. The van der Waals surface area contributed by atoms with Gasteiger partial charge < -0.3 is 5.32 Å². The van der Waals surface area contributed by atoms with Crippen molar-refractivity contribution >= 4 is 15.7 Å². The fraction of sp³-hybridized carbons (Fsp3) is 0.500. The van der Waals surface area contributed by atoms with Crippen molar-refractivity contribution in [1.29, 1.82) is 0 Å². The average Bonchev–Trinajstić information content (AvgIpc) is 3.16. The third-order valence-corrected chi connectivity index (χ3v) is 4.92. The lowest BCUT2D eigenvalue weighted by molar-refractivity contribution is 0.0965. The minimum Gasteiger partial charge on any atom is -0.346 e. The summed E-state index contributed by atoms with van der Waals surface area (Å²) in [6.45, 7) is 12.1. The Morgan fingerprint density at radius 1 is 0.926 bits per heavy atom. The molecule has 9 heteroatoms. The molecule has 2 aliphatic rings. The highest BCUT2D eigenvalue weighted by atomic mass is 32.2. The molecule has 2 aliphatic heterocycles. The Morgan fingerprint density at radius 3 is 2.11 bits per heavy atom. The Labute approximate surface area is 162 Å². The summed E-state index contributed by atoms with van der Waals surface area (Å²) < 4.78 is 22.3. The number of carbonyl (C=O) groups is 1. The van der Waals surface area contributed by atoms with E-state index in [1.54, 1.807) is 19.3 Å². The summed E-state index contributed by atoms with van der Waals surface area (Å²) in [5, 5.41) is 2.67. The number of nitrogens with zero attached hydrogens (tertiary/aromatic N) is 4. The van der Waals surface area contributed by atoms with Crippen LogP contribution >= 0.6 is 0 Å². The minimum absolute atomic E-state index is 0. The molecule has 8 nitrogen and oxygen atoms in total. The maximum atomic E-state index is 11.1. The quantitative estimate of drug-likeness (QED) is 0.729. The fourth-order valence-electron chi connectivity index (χ4n) is 2.38. The van der Waals surface area contributed by atoms with Gasteiger partial charge in [0.1, 0.15) is 11.6 Å². The van der Waals surface area contributed by atoms with E-state index < -0.39 is 9.84 Å². The summed E-state index contributed by atoms with van der Waals surface area (Å²) in [7, 11) is -2.92. The second-order valence-electron chi connectivity index (χ2n) is 5.38. The van der Waals surface area contributed by atoms with Crippen molar-refractivity contribution in [1.82, 2.24) is 25.3 Å². The SMILES string of the molecule is CC.CC.Cc1ncc2c(n1)CNC2=O.Cc1ncc2c(n1)CS(=O)(=O)C2.[HH]. The number of hydrogen-bond acceptors (Lipinski definition) is 7. The van der Waals surface area contributed by atoms with Crippen molar-refractivity contribution in [2.75, 3.05) is 0 Å². The van der Waals surface area contributed by atoms with E-state index in [-0.39, 0.29) is 18.8 Å². The average molecular weight is 396 g/mol. The first-order chi connectivity index (χ1) is 12.8. The van der Waals surface area contributed by atoms with Crippen molar-refractivity contribution in [2.45, 2.75) is 59.6 Å². The first kappa shape index (κ1) is 22.6. The number of aryl methyl sites for hydroxylation is 2. The van der Waals surface area contributed by atoms with Crippen molar-refractivity contribution in [2.24, 2.45) is 0 Å². The van der Waals surface area contributed by atoms with Crippen molar-refractivity contribution in [3.8, 4) is 0 Å². The number of aromatic nitrogens is 4. The van der Waals surface area contributed by atoms with Gasteiger partial charge in [-0.25, -0.2) is 28.4 Å². The monoisotopic (exact) mass is 395 g/mol. The highest BCUT2D eigenvalue weighted by Crippen LogP contribution is 2.21. The van der Waals surface area contributed by atoms with Crippen LogP contribution in [0.3, 0.4) is 0 Å². The lowest BCUT2D eigenvalue weighted by atomic mass is 10.3. The standard InChI is InChI=1S/C7H7N3O.C7H8N2O2S.2C2H6.H2/c1-4-8-2-5-6(10-4)3-9-7(5)11;1-5-8-2-6-3-12(10,11)4-7(6)9-5;2*1-2;/h2H,3H2,1H3,(H,9,11);2H,3-4H2,1H3;2*1-2H3;1H. The van der Waals surface area contributed by atoms with Crippen molar-refractivity contribution < 1.29 is 14.6 Å². The molecule has 0 aromatic carbocycles. The Hall–Kier alpha value is -2.42. The second-order valence-corrected chi connectivity index (χ2v) is 7.45. The molecule has 0 spiro atoms.